The van der Waals surface area contributed by atoms with Crippen LogP contribution in [0.15, 0.2) is 5.38 Å². The minimum atomic E-state index is 0.555. The van der Waals surface area contributed by atoms with E-state index in [4.69, 9.17) is 0 Å². The minimum Gasteiger partial charge on any atom is -0.311 e. The lowest BCUT2D eigenvalue weighted by Crippen LogP contribution is -2.15. The van der Waals surface area contributed by atoms with Gasteiger partial charge in [-0.1, -0.05) is 20.8 Å². The Morgan fingerprint density at radius 1 is 1.50 bits per heavy atom. The van der Waals surface area contributed by atoms with Gasteiger partial charge >= 0.3 is 0 Å². The SMILES string of the molecule is CCSCCCNCc1csc(C(C)C)n1. The van der Waals surface area contributed by atoms with Crippen molar-refractivity contribution in [1.29, 1.82) is 0 Å². The summed E-state index contributed by atoms with van der Waals surface area (Å²) in [6.45, 7) is 8.61. The molecule has 0 saturated heterocycles. The van der Waals surface area contributed by atoms with Crippen molar-refractivity contribution < 1.29 is 0 Å². The minimum absolute atomic E-state index is 0.555. The molecule has 0 aliphatic rings. The Labute approximate surface area is 107 Å². The van der Waals surface area contributed by atoms with Crippen molar-refractivity contribution in [2.45, 2.75) is 39.7 Å². The van der Waals surface area contributed by atoms with Crippen molar-refractivity contribution >= 4 is 23.1 Å². The first-order chi connectivity index (χ1) is 7.74. The van der Waals surface area contributed by atoms with Gasteiger partial charge in [-0.15, -0.1) is 11.3 Å². The molecule has 0 amide bonds. The third kappa shape index (κ3) is 5.32. The molecule has 92 valence electrons. The summed E-state index contributed by atoms with van der Waals surface area (Å²) < 4.78 is 0. The first-order valence-corrected chi connectivity index (χ1v) is 8.00. The van der Waals surface area contributed by atoms with E-state index in [1.807, 2.05) is 11.8 Å². The molecule has 1 rings (SSSR count). The van der Waals surface area contributed by atoms with Crippen molar-refractivity contribution in [3.8, 4) is 0 Å². The average molecular weight is 258 g/mol. The summed E-state index contributed by atoms with van der Waals surface area (Å²) in [6.07, 6.45) is 1.25. The Balaban J connectivity index is 2.12. The molecule has 0 bridgehead atoms. The molecule has 0 unspecified atom stereocenters. The number of thiazole rings is 1. The lowest BCUT2D eigenvalue weighted by molar-refractivity contribution is 0.666. The van der Waals surface area contributed by atoms with E-state index < -0.39 is 0 Å². The summed E-state index contributed by atoms with van der Waals surface area (Å²) in [6, 6.07) is 0. The van der Waals surface area contributed by atoms with Crippen LogP contribution in [0, 0.1) is 0 Å². The molecular formula is C12H22N2S2. The van der Waals surface area contributed by atoms with Crippen LogP contribution in [-0.2, 0) is 6.54 Å². The second-order valence-corrected chi connectivity index (χ2v) is 6.34. The van der Waals surface area contributed by atoms with Gasteiger partial charge < -0.3 is 5.32 Å². The topological polar surface area (TPSA) is 24.9 Å². The molecule has 0 radical (unpaired) electrons. The molecule has 0 spiro atoms. The van der Waals surface area contributed by atoms with Crippen molar-refractivity contribution in [2.24, 2.45) is 0 Å². The highest BCUT2D eigenvalue weighted by Crippen LogP contribution is 2.18. The zero-order valence-electron chi connectivity index (χ0n) is 10.5. The third-order valence-corrected chi connectivity index (χ3v) is 4.40. The van der Waals surface area contributed by atoms with Crippen LogP contribution in [0.3, 0.4) is 0 Å². The summed E-state index contributed by atoms with van der Waals surface area (Å²) in [7, 11) is 0. The molecule has 4 heteroatoms. The Kier molecular flexibility index (Phi) is 7.08. The molecule has 1 N–H and O–H groups in total. The molecule has 2 nitrogen and oxygen atoms in total. The first kappa shape index (κ1) is 14.0. The maximum absolute atomic E-state index is 4.59. The van der Waals surface area contributed by atoms with Gasteiger partial charge in [0.15, 0.2) is 0 Å². The first-order valence-electron chi connectivity index (χ1n) is 5.96. The van der Waals surface area contributed by atoms with Gasteiger partial charge in [0, 0.05) is 17.8 Å². The van der Waals surface area contributed by atoms with Gasteiger partial charge in [-0.3, -0.25) is 0 Å². The molecular weight excluding hydrogens is 236 g/mol. The van der Waals surface area contributed by atoms with Crippen molar-refractivity contribution in [3.05, 3.63) is 16.1 Å². The van der Waals surface area contributed by atoms with Crippen molar-refractivity contribution in [2.75, 3.05) is 18.1 Å². The lowest BCUT2D eigenvalue weighted by Gasteiger charge is -2.02. The maximum atomic E-state index is 4.59. The average Bonchev–Trinajstić information content (AvgIpc) is 2.72. The third-order valence-electron chi connectivity index (χ3n) is 2.22. The Bertz CT molecular complexity index is 284. The molecule has 16 heavy (non-hydrogen) atoms. The van der Waals surface area contributed by atoms with Gasteiger partial charge in [-0.25, -0.2) is 4.98 Å². The highest BCUT2D eigenvalue weighted by Gasteiger charge is 2.04. The maximum Gasteiger partial charge on any atom is 0.0954 e. The number of thioether (sulfide) groups is 1. The van der Waals surface area contributed by atoms with E-state index in [0.29, 0.717) is 5.92 Å². The van der Waals surface area contributed by atoms with E-state index in [2.05, 4.69) is 36.5 Å². The van der Waals surface area contributed by atoms with Crippen LogP contribution in [0.1, 0.15) is 43.8 Å². The van der Waals surface area contributed by atoms with E-state index in [9.17, 15) is 0 Å². The number of rotatable bonds is 8. The van der Waals surface area contributed by atoms with E-state index in [-0.39, 0.29) is 0 Å². The zero-order chi connectivity index (χ0) is 11.8. The molecule has 0 aliphatic carbocycles. The fourth-order valence-corrected chi connectivity index (χ4v) is 2.80. The van der Waals surface area contributed by atoms with Crippen LogP contribution < -0.4 is 5.32 Å². The van der Waals surface area contributed by atoms with Crippen LogP contribution in [-0.4, -0.2) is 23.0 Å². The lowest BCUT2D eigenvalue weighted by atomic mass is 10.2. The summed E-state index contributed by atoms with van der Waals surface area (Å²) in [5.41, 5.74) is 1.19. The molecule has 0 fully saturated rings. The highest BCUT2D eigenvalue weighted by atomic mass is 32.2. The zero-order valence-corrected chi connectivity index (χ0v) is 12.1. The summed E-state index contributed by atoms with van der Waals surface area (Å²) in [5.74, 6) is 3.04. The Morgan fingerprint density at radius 2 is 2.31 bits per heavy atom. The Hall–Kier alpha value is -0.0600. The fraction of sp³-hybridized carbons (Fsp3) is 0.750. The van der Waals surface area contributed by atoms with E-state index in [1.54, 1.807) is 11.3 Å². The number of hydrogen-bond acceptors (Lipinski definition) is 4. The van der Waals surface area contributed by atoms with Gasteiger partial charge in [0.1, 0.15) is 0 Å². The quantitative estimate of drug-likeness (QED) is 0.722. The molecule has 0 saturated carbocycles. The largest absolute Gasteiger partial charge is 0.311 e. The predicted octanol–water partition coefficient (Wildman–Crippen LogP) is 3.50. The molecule has 0 aliphatic heterocycles. The smallest absolute Gasteiger partial charge is 0.0954 e. The summed E-state index contributed by atoms with van der Waals surface area (Å²) >= 11 is 3.78. The van der Waals surface area contributed by atoms with Gasteiger partial charge in [0.25, 0.3) is 0 Å². The Morgan fingerprint density at radius 3 is 2.94 bits per heavy atom. The summed E-state index contributed by atoms with van der Waals surface area (Å²) in [5, 5.41) is 6.86. The van der Waals surface area contributed by atoms with Crippen molar-refractivity contribution in [1.82, 2.24) is 10.3 Å². The fourth-order valence-electron chi connectivity index (χ4n) is 1.33. The number of aromatic nitrogens is 1. The molecule has 0 atom stereocenters. The highest BCUT2D eigenvalue weighted by molar-refractivity contribution is 7.99. The number of nitrogens with zero attached hydrogens (tertiary/aromatic N) is 1. The monoisotopic (exact) mass is 258 g/mol. The number of hydrogen-bond donors (Lipinski definition) is 1. The predicted molar refractivity (Wildman–Crippen MR) is 75.5 cm³/mol. The van der Waals surface area contributed by atoms with Crippen molar-refractivity contribution in [3.63, 3.8) is 0 Å². The second-order valence-electron chi connectivity index (χ2n) is 4.06. The van der Waals surface area contributed by atoms with Crippen LogP contribution in [0.25, 0.3) is 0 Å². The molecule has 0 aromatic carbocycles. The second kappa shape index (κ2) is 8.09. The summed E-state index contributed by atoms with van der Waals surface area (Å²) in [4.78, 5) is 4.59. The van der Waals surface area contributed by atoms with Gasteiger partial charge in [0.05, 0.1) is 10.7 Å². The van der Waals surface area contributed by atoms with E-state index in [1.165, 1.54) is 28.6 Å². The molecule has 1 aromatic rings. The van der Waals surface area contributed by atoms with Crippen LogP contribution in [0.2, 0.25) is 0 Å². The van der Waals surface area contributed by atoms with Crippen LogP contribution in [0.4, 0.5) is 0 Å². The standard InChI is InChI=1S/C12H22N2S2/c1-4-15-7-5-6-13-8-11-9-16-12(14-11)10(2)3/h9-10,13H,4-8H2,1-3H3. The normalized spacial score (nSPS) is 11.2. The van der Waals surface area contributed by atoms with Gasteiger partial charge in [-0.05, 0) is 24.5 Å². The van der Waals surface area contributed by atoms with E-state index >= 15 is 0 Å². The number of nitrogens with one attached hydrogen (secondary N) is 1. The van der Waals surface area contributed by atoms with Crippen LogP contribution >= 0.6 is 23.1 Å². The molecule has 1 heterocycles. The van der Waals surface area contributed by atoms with E-state index in [0.717, 1.165) is 13.1 Å². The van der Waals surface area contributed by atoms with Gasteiger partial charge in [-0.2, -0.15) is 11.8 Å². The van der Waals surface area contributed by atoms with Gasteiger partial charge in [0.2, 0.25) is 0 Å². The van der Waals surface area contributed by atoms with Crippen LogP contribution in [0.5, 0.6) is 0 Å². The molecule has 1 aromatic heterocycles.